The van der Waals surface area contributed by atoms with Crippen molar-refractivity contribution in [2.45, 2.75) is 12.8 Å². The number of carbonyl (C=O) groups is 1. The van der Waals surface area contributed by atoms with Crippen molar-refractivity contribution in [1.29, 1.82) is 0 Å². The zero-order chi connectivity index (χ0) is 9.14. The molecule has 0 spiro atoms. The van der Waals surface area contributed by atoms with Crippen molar-refractivity contribution in [3.8, 4) is 0 Å². The van der Waals surface area contributed by atoms with E-state index in [1.165, 1.54) is 25.3 Å². The van der Waals surface area contributed by atoms with Gasteiger partial charge in [0.2, 0.25) is 0 Å². The highest BCUT2D eigenvalue weighted by molar-refractivity contribution is 5.74. The lowest BCUT2D eigenvalue weighted by molar-refractivity contribution is -0.138. The molecule has 1 heterocycles. The maximum Gasteiger partial charge on any atom is 0.312 e. The highest BCUT2D eigenvalue weighted by Crippen LogP contribution is 2.15. The smallest absolute Gasteiger partial charge is 0.312 e. The molecule has 1 aromatic rings. The Labute approximate surface area is 68.9 Å². The number of rotatable bonds is 2. The Kier molecular flexibility index (Phi) is 2.38. The van der Waals surface area contributed by atoms with Crippen LogP contribution in [0.15, 0.2) is 18.3 Å². The topological polar surface area (TPSA) is 50.2 Å². The number of hydrogen-bond acceptors (Lipinski definition) is 2. The first-order chi connectivity index (χ1) is 5.63. The lowest BCUT2D eigenvalue weighted by atomic mass is 10.1. The monoisotopic (exact) mass is 169 g/mol. The first-order valence-electron chi connectivity index (χ1n) is 3.46. The Balaban J connectivity index is 3.02. The molecule has 0 aromatic carbocycles. The molecule has 1 aromatic heterocycles. The minimum absolute atomic E-state index is 0.0231. The summed E-state index contributed by atoms with van der Waals surface area (Å²) >= 11 is 0. The fraction of sp³-hybridized carbons (Fsp3) is 0.250. The second-order valence-electron chi connectivity index (χ2n) is 2.43. The van der Waals surface area contributed by atoms with Gasteiger partial charge < -0.3 is 5.11 Å². The van der Waals surface area contributed by atoms with Crippen LogP contribution in [0.4, 0.5) is 4.39 Å². The van der Waals surface area contributed by atoms with Crippen LogP contribution in [0.1, 0.15) is 18.5 Å². The Morgan fingerprint density at radius 3 is 2.92 bits per heavy atom. The highest BCUT2D eigenvalue weighted by atomic mass is 19.1. The first-order valence-corrected chi connectivity index (χ1v) is 3.46. The van der Waals surface area contributed by atoms with Gasteiger partial charge in [0, 0.05) is 6.20 Å². The third-order valence-corrected chi connectivity index (χ3v) is 1.57. The van der Waals surface area contributed by atoms with Gasteiger partial charge in [-0.25, -0.2) is 4.39 Å². The van der Waals surface area contributed by atoms with Crippen molar-refractivity contribution >= 4 is 5.97 Å². The van der Waals surface area contributed by atoms with Gasteiger partial charge in [-0.2, -0.15) is 0 Å². The van der Waals surface area contributed by atoms with Gasteiger partial charge >= 0.3 is 5.97 Å². The average Bonchev–Trinajstić information content (AvgIpc) is 2.04. The standard InChI is InChI=1S/C8H8FNO2/c1-5(8(11)12)7-6(9)3-2-4-10-7/h2-5H,1H3,(H,11,12)/t5-/m1/s1. The minimum Gasteiger partial charge on any atom is -0.481 e. The summed E-state index contributed by atoms with van der Waals surface area (Å²) in [5, 5.41) is 8.55. The largest absolute Gasteiger partial charge is 0.481 e. The molecular formula is C8H8FNO2. The molecule has 64 valence electrons. The molecule has 0 fully saturated rings. The quantitative estimate of drug-likeness (QED) is 0.728. The molecule has 0 saturated carbocycles. The minimum atomic E-state index is -1.08. The van der Waals surface area contributed by atoms with Gasteiger partial charge in [-0.05, 0) is 19.1 Å². The van der Waals surface area contributed by atoms with Crippen LogP contribution < -0.4 is 0 Å². The molecule has 0 radical (unpaired) electrons. The summed E-state index contributed by atoms with van der Waals surface area (Å²) < 4.78 is 12.9. The molecule has 0 aliphatic carbocycles. The van der Waals surface area contributed by atoms with E-state index in [2.05, 4.69) is 4.98 Å². The molecule has 0 unspecified atom stereocenters. The molecule has 0 saturated heterocycles. The average molecular weight is 169 g/mol. The van der Waals surface area contributed by atoms with E-state index >= 15 is 0 Å². The van der Waals surface area contributed by atoms with E-state index in [1.54, 1.807) is 0 Å². The highest BCUT2D eigenvalue weighted by Gasteiger charge is 2.18. The third-order valence-electron chi connectivity index (χ3n) is 1.57. The van der Waals surface area contributed by atoms with Crippen LogP contribution in [0.5, 0.6) is 0 Å². The SMILES string of the molecule is C[C@@H](C(=O)O)c1ncccc1F. The number of aliphatic carboxylic acids is 1. The Hall–Kier alpha value is -1.45. The molecule has 1 atom stereocenters. The fourth-order valence-corrected chi connectivity index (χ4v) is 0.833. The number of nitrogens with zero attached hydrogens (tertiary/aromatic N) is 1. The maximum absolute atomic E-state index is 12.9. The second-order valence-corrected chi connectivity index (χ2v) is 2.43. The van der Waals surface area contributed by atoms with Crippen molar-refractivity contribution in [3.63, 3.8) is 0 Å². The lowest BCUT2D eigenvalue weighted by Crippen LogP contribution is -2.10. The van der Waals surface area contributed by atoms with E-state index in [4.69, 9.17) is 5.11 Å². The summed E-state index contributed by atoms with van der Waals surface area (Å²) in [6, 6.07) is 2.62. The molecule has 4 heteroatoms. The van der Waals surface area contributed by atoms with Gasteiger partial charge in [0.15, 0.2) is 0 Å². The molecule has 1 N–H and O–H groups in total. The van der Waals surface area contributed by atoms with Crippen LogP contribution >= 0.6 is 0 Å². The Morgan fingerprint density at radius 2 is 2.42 bits per heavy atom. The number of aromatic nitrogens is 1. The summed E-state index contributed by atoms with van der Waals surface area (Å²) in [5.41, 5.74) is -0.0231. The van der Waals surface area contributed by atoms with Gasteiger partial charge in [0.1, 0.15) is 5.82 Å². The fourth-order valence-electron chi connectivity index (χ4n) is 0.833. The summed E-state index contributed by atoms with van der Waals surface area (Å²) in [7, 11) is 0. The predicted octanol–water partition coefficient (Wildman–Crippen LogP) is 1.41. The van der Waals surface area contributed by atoms with E-state index in [-0.39, 0.29) is 5.69 Å². The van der Waals surface area contributed by atoms with Gasteiger partial charge in [-0.15, -0.1) is 0 Å². The molecule has 3 nitrogen and oxygen atoms in total. The van der Waals surface area contributed by atoms with Crippen LogP contribution in [0, 0.1) is 5.82 Å². The van der Waals surface area contributed by atoms with Gasteiger partial charge in [-0.1, -0.05) is 0 Å². The molecule has 1 rings (SSSR count). The summed E-state index contributed by atoms with van der Waals surface area (Å²) in [5.74, 6) is -2.55. The normalized spacial score (nSPS) is 12.5. The van der Waals surface area contributed by atoms with E-state index < -0.39 is 17.7 Å². The van der Waals surface area contributed by atoms with Crippen molar-refractivity contribution in [3.05, 3.63) is 29.8 Å². The van der Waals surface area contributed by atoms with Crippen LogP contribution in [0.25, 0.3) is 0 Å². The van der Waals surface area contributed by atoms with Crippen molar-refractivity contribution in [2.75, 3.05) is 0 Å². The molecule has 0 aliphatic rings. The van der Waals surface area contributed by atoms with Gasteiger partial charge in [0.05, 0.1) is 11.6 Å². The molecule has 12 heavy (non-hydrogen) atoms. The van der Waals surface area contributed by atoms with Crippen LogP contribution in [-0.2, 0) is 4.79 Å². The maximum atomic E-state index is 12.9. The summed E-state index contributed by atoms with van der Waals surface area (Å²) in [6.07, 6.45) is 1.37. The predicted molar refractivity (Wildman–Crippen MR) is 40.2 cm³/mol. The number of pyridine rings is 1. The van der Waals surface area contributed by atoms with E-state index in [0.29, 0.717) is 0 Å². The second kappa shape index (κ2) is 3.30. The third kappa shape index (κ3) is 1.58. The number of hydrogen-bond donors (Lipinski definition) is 1. The van der Waals surface area contributed by atoms with Crippen molar-refractivity contribution < 1.29 is 14.3 Å². The first kappa shape index (κ1) is 8.64. The van der Waals surface area contributed by atoms with E-state index in [9.17, 15) is 9.18 Å². The van der Waals surface area contributed by atoms with E-state index in [0.717, 1.165) is 0 Å². The van der Waals surface area contributed by atoms with Gasteiger partial charge in [-0.3, -0.25) is 9.78 Å². The molecular weight excluding hydrogens is 161 g/mol. The Morgan fingerprint density at radius 1 is 1.75 bits per heavy atom. The Bertz CT molecular complexity index is 301. The number of carboxylic acids is 1. The van der Waals surface area contributed by atoms with Crippen LogP contribution in [0.3, 0.4) is 0 Å². The number of halogens is 1. The van der Waals surface area contributed by atoms with Crippen LogP contribution in [-0.4, -0.2) is 16.1 Å². The molecule has 0 bridgehead atoms. The zero-order valence-corrected chi connectivity index (χ0v) is 6.49. The summed E-state index contributed by atoms with van der Waals surface area (Å²) in [6.45, 7) is 1.40. The van der Waals surface area contributed by atoms with Gasteiger partial charge in [0.25, 0.3) is 0 Å². The van der Waals surface area contributed by atoms with Crippen molar-refractivity contribution in [2.24, 2.45) is 0 Å². The number of carboxylic acid groups (broad SMARTS) is 1. The molecule has 0 amide bonds. The van der Waals surface area contributed by atoms with Crippen molar-refractivity contribution in [1.82, 2.24) is 4.98 Å². The zero-order valence-electron chi connectivity index (χ0n) is 6.49. The lowest BCUT2D eigenvalue weighted by Gasteiger charge is -2.04. The molecule has 0 aliphatic heterocycles. The van der Waals surface area contributed by atoms with Crippen LogP contribution in [0.2, 0.25) is 0 Å². The summed E-state index contributed by atoms with van der Waals surface area (Å²) in [4.78, 5) is 14.1. The van der Waals surface area contributed by atoms with E-state index in [1.807, 2.05) is 0 Å².